The van der Waals surface area contributed by atoms with Gasteiger partial charge >= 0.3 is 0 Å². The van der Waals surface area contributed by atoms with Crippen molar-refractivity contribution < 1.29 is 0 Å². The lowest BCUT2D eigenvalue weighted by Gasteiger charge is -2.20. The van der Waals surface area contributed by atoms with Gasteiger partial charge in [-0.1, -0.05) is 15.9 Å². The molecule has 0 aliphatic rings. The van der Waals surface area contributed by atoms with Gasteiger partial charge < -0.3 is 5.32 Å². The molecule has 20 heavy (non-hydrogen) atoms. The van der Waals surface area contributed by atoms with E-state index in [1.165, 1.54) is 5.56 Å². The molecular formula is C16H20BrN3. The average Bonchev–Trinajstić information content (AvgIpc) is 2.36. The molecule has 2 aromatic rings. The second-order valence-electron chi connectivity index (χ2n) is 5.93. The van der Waals surface area contributed by atoms with E-state index in [4.69, 9.17) is 0 Å². The van der Waals surface area contributed by atoms with Gasteiger partial charge in [-0.05, 0) is 57.5 Å². The Balaban J connectivity index is 2.25. The number of halogens is 1. The lowest BCUT2D eigenvalue weighted by molar-refractivity contribution is 0.421. The van der Waals surface area contributed by atoms with Crippen LogP contribution in [0.5, 0.6) is 0 Å². The molecule has 1 aromatic heterocycles. The van der Waals surface area contributed by atoms with Crippen molar-refractivity contribution in [2.75, 3.05) is 0 Å². The minimum atomic E-state index is 0.0820. The van der Waals surface area contributed by atoms with Crippen LogP contribution in [0, 0.1) is 6.92 Å². The maximum atomic E-state index is 4.65. The van der Waals surface area contributed by atoms with Gasteiger partial charge in [0.25, 0.3) is 0 Å². The van der Waals surface area contributed by atoms with Crippen LogP contribution in [0.15, 0.2) is 34.9 Å². The van der Waals surface area contributed by atoms with E-state index in [-0.39, 0.29) is 5.54 Å². The van der Waals surface area contributed by atoms with Gasteiger partial charge in [-0.2, -0.15) is 0 Å². The summed E-state index contributed by atoms with van der Waals surface area (Å²) in [6.45, 7) is 9.26. The monoisotopic (exact) mass is 333 g/mol. The summed E-state index contributed by atoms with van der Waals surface area (Å²) < 4.78 is 1.07. The van der Waals surface area contributed by atoms with Gasteiger partial charge in [0.1, 0.15) is 0 Å². The van der Waals surface area contributed by atoms with Crippen LogP contribution in [0.3, 0.4) is 0 Å². The number of rotatable bonds is 3. The van der Waals surface area contributed by atoms with Gasteiger partial charge in [-0.15, -0.1) is 0 Å². The van der Waals surface area contributed by atoms with Crippen molar-refractivity contribution in [3.63, 3.8) is 0 Å². The zero-order valence-electron chi connectivity index (χ0n) is 12.4. The van der Waals surface area contributed by atoms with Crippen molar-refractivity contribution in [2.24, 2.45) is 0 Å². The largest absolute Gasteiger partial charge is 0.306 e. The molecule has 106 valence electrons. The number of aromatic nitrogens is 2. The first-order valence-electron chi connectivity index (χ1n) is 6.69. The summed E-state index contributed by atoms with van der Waals surface area (Å²) in [4.78, 5) is 9.04. The van der Waals surface area contributed by atoms with E-state index in [1.807, 2.05) is 18.3 Å². The lowest BCUT2D eigenvalue weighted by Crippen LogP contribution is -2.35. The number of benzene rings is 1. The van der Waals surface area contributed by atoms with Crippen molar-refractivity contribution in [3.05, 3.63) is 46.2 Å². The predicted molar refractivity (Wildman–Crippen MR) is 86.5 cm³/mol. The summed E-state index contributed by atoms with van der Waals surface area (Å²) >= 11 is 3.48. The third-order valence-corrected chi connectivity index (χ3v) is 3.44. The molecule has 0 aliphatic heterocycles. The summed E-state index contributed by atoms with van der Waals surface area (Å²) in [6, 6.07) is 8.11. The Morgan fingerprint density at radius 3 is 2.60 bits per heavy atom. The minimum absolute atomic E-state index is 0.0820. The molecule has 0 saturated heterocycles. The van der Waals surface area contributed by atoms with Crippen molar-refractivity contribution in [3.8, 4) is 11.4 Å². The summed E-state index contributed by atoms with van der Waals surface area (Å²) in [7, 11) is 0. The van der Waals surface area contributed by atoms with Gasteiger partial charge in [-0.3, -0.25) is 0 Å². The fourth-order valence-corrected chi connectivity index (χ4v) is 2.33. The number of nitrogens with zero attached hydrogens (tertiary/aromatic N) is 2. The van der Waals surface area contributed by atoms with Gasteiger partial charge in [0, 0.05) is 28.3 Å². The van der Waals surface area contributed by atoms with Crippen LogP contribution in [0.25, 0.3) is 11.4 Å². The summed E-state index contributed by atoms with van der Waals surface area (Å²) in [5, 5.41) is 3.44. The van der Waals surface area contributed by atoms with Crippen LogP contribution >= 0.6 is 15.9 Å². The quantitative estimate of drug-likeness (QED) is 0.918. The van der Waals surface area contributed by atoms with Gasteiger partial charge in [0.15, 0.2) is 5.82 Å². The topological polar surface area (TPSA) is 37.8 Å². The first-order valence-corrected chi connectivity index (χ1v) is 7.48. The van der Waals surface area contributed by atoms with Crippen LogP contribution < -0.4 is 5.32 Å². The van der Waals surface area contributed by atoms with Crippen LogP contribution in [0.1, 0.15) is 32.0 Å². The summed E-state index contributed by atoms with van der Waals surface area (Å²) in [6.07, 6.45) is 1.82. The Hall–Kier alpha value is -1.26. The molecule has 0 unspecified atom stereocenters. The molecule has 0 bridgehead atoms. The third kappa shape index (κ3) is 4.12. The molecule has 0 amide bonds. The molecule has 0 radical (unpaired) electrons. The van der Waals surface area contributed by atoms with Crippen LogP contribution in [-0.2, 0) is 6.54 Å². The highest BCUT2D eigenvalue weighted by atomic mass is 79.9. The molecule has 0 spiro atoms. The Morgan fingerprint density at radius 2 is 1.95 bits per heavy atom. The predicted octanol–water partition coefficient (Wildman–Crippen LogP) is 4.10. The normalized spacial score (nSPS) is 11.7. The van der Waals surface area contributed by atoms with E-state index in [2.05, 4.69) is 71.0 Å². The zero-order valence-corrected chi connectivity index (χ0v) is 14.0. The fraction of sp³-hybridized carbons (Fsp3) is 0.375. The molecule has 3 nitrogen and oxygen atoms in total. The fourth-order valence-electron chi connectivity index (χ4n) is 1.86. The van der Waals surface area contributed by atoms with Crippen molar-refractivity contribution in [1.29, 1.82) is 0 Å². The molecule has 0 fully saturated rings. The Bertz CT molecular complexity index is 603. The Kier molecular flexibility index (Phi) is 4.55. The second-order valence-corrected chi connectivity index (χ2v) is 6.85. The minimum Gasteiger partial charge on any atom is -0.306 e. The molecule has 0 aliphatic carbocycles. The maximum Gasteiger partial charge on any atom is 0.159 e. The molecular weight excluding hydrogens is 314 g/mol. The van der Waals surface area contributed by atoms with Crippen LogP contribution in [0.4, 0.5) is 0 Å². The molecule has 1 aromatic carbocycles. The van der Waals surface area contributed by atoms with Crippen molar-refractivity contribution in [2.45, 2.75) is 39.8 Å². The average molecular weight is 334 g/mol. The van der Waals surface area contributed by atoms with Crippen LogP contribution in [0.2, 0.25) is 0 Å². The number of aryl methyl sites for hydroxylation is 1. The van der Waals surface area contributed by atoms with Crippen LogP contribution in [-0.4, -0.2) is 15.5 Å². The van der Waals surface area contributed by atoms with Crippen molar-refractivity contribution >= 4 is 15.9 Å². The van der Waals surface area contributed by atoms with E-state index in [0.29, 0.717) is 0 Å². The molecule has 0 saturated carbocycles. The smallest absolute Gasteiger partial charge is 0.159 e. The third-order valence-electron chi connectivity index (χ3n) is 2.94. The number of hydrogen-bond acceptors (Lipinski definition) is 3. The highest BCUT2D eigenvalue weighted by molar-refractivity contribution is 9.10. The van der Waals surface area contributed by atoms with Crippen molar-refractivity contribution in [1.82, 2.24) is 15.3 Å². The van der Waals surface area contributed by atoms with Gasteiger partial charge in [0.05, 0.1) is 5.69 Å². The van der Waals surface area contributed by atoms with E-state index < -0.39 is 0 Å². The zero-order chi connectivity index (χ0) is 14.8. The summed E-state index contributed by atoms with van der Waals surface area (Å²) in [5.41, 5.74) is 3.33. The standard InChI is InChI=1S/C16H20BrN3/c1-11-9-12(17)5-6-14(11)15-18-8-7-13(20-15)10-19-16(2,3)4/h5-9,19H,10H2,1-4H3. The van der Waals surface area contributed by atoms with E-state index in [9.17, 15) is 0 Å². The van der Waals surface area contributed by atoms with E-state index in [1.54, 1.807) is 0 Å². The number of nitrogens with one attached hydrogen (secondary N) is 1. The summed E-state index contributed by atoms with van der Waals surface area (Å²) in [5.74, 6) is 0.781. The molecule has 4 heteroatoms. The SMILES string of the molecule is Cc1cc(Br)ccc1-c1nccc(CNC(C)(C)C)n1. The highest BCUT2D eigenvalue weighted by Crippen LogP contribution is 2.23. The second kappa shape index (κ2) is 6.02. The van der Waals surface area contributed by atoms with Gasteiger partial charge in [-0.25, -0.2) is 9.97 Å². The van der Waals surface area contributed by atoms with E-state index >= 15 is 0 Å². The molecule has 1 N–H and O–H groups in total. The highest BCUT2D eigenvalue weighted by Gasteiger charge is 2.10. The number of hydrogen-bond donors (Lipinski definition) is 1. The maximum absolute atomic E-state index is 4.65. The Morgan fingerprint density at radius 1 is 1.20 bits per heavy atom. The first-order chi connectivity index (χ1) is 9.35. The molecule has 0 atom stereocenters. The molecule has 2 rings (SSSR count). The lowest BCUT2D eigenvalue weighted by atomic mass is 10.1. The molecule has 1 heterocycles. The van der Waals surface area contributed by atoms with E-state index in [0.717, 1.165) is 28.1 Å². The van der Waals surface area contributed by atoms with Gasteiger partial charge in [0.2, 0.25) is 0 Å². The first kappa shape index (κ1) is 15.1. The Labute approximate surface area is 129 Å².